The van der Waals surface area contributed by atoms with Gasteiger partial charge in [0.2, 0.25) is 5.91 Å². The molecule has 0 unspecified atom stereocenters. The van der Waals surface area contributed by atoms with Crippen molar-refractivity contribution in [3.05, 3.63) is 36.0 Å². The molecule has 17 heavy (non-hydrogen) atoms. The molecular formula is C14H18N2O. The standard InChI is InChI=1S/C14H18N2O/c1-3-16(4-2)14(17)10-11-6-5-7-13-12(11)8-9-15-13/h5-9,15H,3-4,10H2,1-2H3. The van der Waals surface area contributed by atoms with Gasteiger partial charge >= 0.3 is 0 Å². The highest BCUT2D eigenvalue weighted by Crippen LogP contribution is 2.18. The molecule has 0 spiro atoms. The maximum atomic E-state index is 12.1. The molecule has 0 atom stereocenters. The van der Waals surface area contributed by atoms with Gasteiger partial charge in [-0.2, -0.15) is 0 Å². The largest absolute Gasteiger partial charge is 0.361 e. The molecular weight excluding hydrogens is 212 g/mol. The van der Waals surface area contributed by atoms with E-state index < -0.39 is 0 Å². The third kappa shape index (κ3) is 2.33. The number of hydrogen-bond donors (Lipinski definition) is 1. The van der Waals surface area contributed by atoms with Crippen LogP contribution in [-0.4, -0.2) is 28.9 Å². The minimum absolute atomic E-state index is 0.198. The van der Waals surface area contributed by atoms with E-state index in [9.17, 15) is 4.79 Å². The predicted octanol–water partition coefficient (Wildman–Crippen LogP) is 2.58. The van der Waals surface area contributed by atoms with E-state index in [4.69, 9.17) is 0 Å². The van der Waals surface area contributed by atoms with Crippen LogP contribution in [0.25, 0.3) is 10.9 Å². The van der Waals surface area contributed by atoms with Crippen molar-refractivity contribution in [3.63, 3.8) is 0 Å². The minimum atomic E-state index is 0.198. The molecule has 3 nitrogen and oxygen atoms in total. The Balaban J connectivity index is 2.23. The molecule has 90 valence electrons. The Bertz CT molecular complexity index is 512. The van der Waals surface area contributed by atoms with Crippen molar-refractivity contribution in [3.8, 4) is 0 Å². The molecule has 0 bridgehead atoms. The maximum absolute atomic E-state index is 12.1. The molecule has 0 aliphatic rings. The van der Waals surface area contributed by atoms with Crippen molar-refractivity contribution in [1.29, 1.82) is 0 Å². The molecule has 0 aliphatic carbocycles. The topological polar surface area (TPSA) is 36.1 Å². The van der Waals surface area contributed by atoms with Crippen LogP contribution in [0.3, 0.4) is 0 Å². The SMILES string of the molecule is CCN(CC)C(=O)Cc1cccc2[nH]ccc12. The Morgan fingerprint density at radius 1 is 1.24 bits per heavy atom. The number of likely N-dealkylation sites (N-methyl/N-ethyl adjacent to an activating group) is 1. The lowest BCUT2D eigenvalue weighted by molar-refractivity contribution is -0.130. The van der Waals surface area contributed by atoms with Gasteiger partial charge in [-0.3, -0.25) is 4.79 Å². The van der Waals surface area contributed by atoms with E-state index in [1.165, 1.54) is 0 Å². The van der Waals surface area contributed by atoms with Crippen LogP contribution in [0.15, 0.2) is 30.5 Å². The molecule has 3 heteroatoms. The Morgan fingerprint density at radius 2 is 2.00 bits per heavy atom. The molecule has 1 N–H and O–H groups in total. The Hall–Kier alpha value is -1.77. The van der Waals surface area contributed by atoms with Gasteiger partial charge in [-0.25, -0.2) is 0 Å². The van der Waals surface area contributed by atoms with E-state index in [-0.39, 0.29) is 5.91 Å². The van der Waals surface area contributed by atoms with Crippen LogP contribution in [-0.2, 0) is 11.2 Å². The van der Waals surface area contributed by atoms with E-state index in [1.807, 2.05) is 49.2 Å². The van der Waals surface area contributed by atoms with Crippen LogP contribution in [0.2, 0.25) is 0 Å². The van der Waals surface area contributed by atoms with E-state index in [0.29, 0.717) is 6.42 Å². The van der Waals surface area contributed by atoms with Crippen LogP contribution in [0.4, 0.5) is 0 Å². The van der Waals surface area contributed by atoms with Gasteiger partial charge in [0.05, 0.1) is 6.42 Å². The Kier molecular flexibility index (Phi) is 3.47. The van der Waals surface area contributed by atoms with Gasteiger partial charge < -0.3 is 9.88 Å². The van der Waals surface area contributed by atoms with Crippen LogP contribution in [0.1, 0.15) is 19.4 Å². The number of benzene rings is 1. The van der Waals surface area contributed by atoms with Crippen LogP contribution >= 0.6 is 0 Å². The summed E-state index contributed by atoms with van der Waals surface area (Å²) in [6.45, 7) is 5.58. The molecule has 1 amide bonds. The van der Waals surface area contributed by atoms with Gasteiger partial charge in [0.1, 0.15) is 0 Å². The molecule has 0 aliphatic heterocycles. The van der Waals surface area contributed by atoms with Crippen molar-refractivity contribution < 1.29 is 4.79 Å². The van der Waals surface area contributed by atoms with E-state index in [2.05, 4.69) is 4.98 Å². The quantitative estimate of drug-likeness (QED) is 0.861. The number of H-pyrrole nitrogens is 1. The first-order chi connectivity index (χ1) is 8.26. The third-order valence-electron chi connectivity index (χ3n) is 3.14. The number of carbonyl (C=O) groups excluding carboxylic acids is 1. The lowest BCUT2D eigenvalue weighted by Crippen LogP contribution is -2.31. The second-order valence-corrected chi connectivity index (χ2v) is 4.10. The Labute approximate surface area is 101 Å². The summed E-state index contributed by atoms with van der Waals surface area (Å²) in [6.07, 6.45) is 2.40. The number of amides is 1. The maximum Gasteiger partial charge on any atom is 0.226 e. The van der Waals surface area contributed by atoms with Crippen LogP contribution in [0, 0.1) is 0 Å². The highest BCUT2D eigenvalue weighted by Gasteiger charge is 2.12. The first-order valence-corrected chi connectivity index (χ1v) is 6.09. The zero-order valence-electron chi connectivity index (χ0n) is 10.4. The molecule has 2 rings (SSSR count). The Morgan fingerprint density at radius 3 is 2.71 bits per heavy atom. The normalized spacial score (nSPS) is 10.7. The fourth-order valence-corrected chi connectivity index (χ4v) is 2.16. The van der Waals surface area contributed by atoms with E-state index in [0.717, 1.165) is 29.6 Å². The summed E-state index contributed by atoms with van der Waals surface area (Å²) in [5.41, 5.74) is 2.19. The van der Waals surface area contributed by atoms with Crippen molar-refractivity contribution >= 4 is 16.8 Å². The summed E-state index contributed by atoms with van der Waals surface area (Å²) in [6, 6.07) is 8.07. The summed E-state index contributed by atoms with van der Waals surface area (Å²) < 4.78 is 0. The summed E-state index contributed by atoms with van der Waals surface area (Å²) in [5, 5.41) is 1.15. The van der Waals surface area contributed by atoms with Crippen molar-refractivity contribution in [2.75, 3.05) is 13.1 Å². The van der Waals surface area contributed by atoms with Gasteiger partial charge in [0.15, 0.2) is 0 Å². The third-order valence-corrected chi connectivity index (χ3v) is 3.14. The number of nitrogens with zero attached hydrogens (tertiary/aromatic N) is 1. The number of aromatic amines is 1. The van der Waals surface area contributed by atoms with Gasteiger partial charge in [-0.05, 0) is 31.5 Å². The zero-order valence-corrected chi connectivity index (χ0v) is 10.4. The number of aromatic nitrogens is 1. The van der Waals surface area contributed by atoms with Crippen molar-refractivity contribution in [2.45, 2.75) is 20.3 Å². The summed E-state index contributed by atoms with van der Waals surface area (Å²) >= 11 is 0. The van der Waals surface area contributed by atoms with Crippen LogP contribution < -0.4 is 0 Å². The molecule has 1 aromatic heterocycles. The van der Waals surface area contributed by atoms with Gasteiger partial charge in [-0.1, -0.05) is 12.1 Å². The van der Waals surface area contributed by atoms with Crippen LogP contribution in [0.5, 0.6) is 0 Å². The summed E-state index contributed by atoms with van der Waals surface area (Å²) in [4.78, 5) is 17.1. The molecule has 0 saturated carbocycles. The smallest absolute Gasteiger partial charge is 0.226 e. The average Bonchev–Trinajstić information content (AvgIpc) is 2.80. The highest BCUT2D eigenvalue weighted by molar-refractivity contribution is 5.88. The number of fused-ring (bicyclic) bond motifs is 1. The molecule has 0 saturated heterocycles. The van der Waals surface area contributed by atoms with Crippen molar-refractivity contribution in [2.24, 2.45) is 0 Å². The lowest BCUT2D eigenvalue weighted by atomic mass is 10.1. The molecule has 0 fully saturated rings. The molecule has 1 aromatic carbocycles. The minimum Gasteiger partial charge on any atom is -0.361 e. The number of rotatable bonds is 4. The van der Waals surface area contributed by atoms with Gasteiger partial charge in [-0.15, -0.1) is 0 Å². The van der Waals surface area contributed by atoms with E-state index in [1.54, 1.807) is 0 Å². The molecule has 2 aromatic rings. The number of hydrogen-bond acceptors (Lipinski definition) is 1. The summed E-state index contributed by atoms with van der Waals surface area (Å²) in [7, 11) is 0. The first kappa shape index (κ1) is 11.7. The monoisotopic (exact) mass is 230 g/mol. The highest BCUT2D eigenvalue weighted by atomic mass is 16.2. The first-order valence-electron chi connectivity index (χ1n) is 6.09. The number of nitrogens with one attached hydrogen (secondary N) is 1. The average molecular weight is 230 g/mol. The van der Waals surface area contributed by atoms with E-state index >= 15 is 0 Å². The predicted molar refractivity (Wildman–Crippen MR) is 69.9 cm³/mol. The van der Waals surface area contributed by atoms with Gasteiger partial charge in [0.25, 0.3) is 0 Å². The zero-order chi connectivity index (χ0) is 12.3. The summed E-state index contributed by atoms with van der Waals surface area (Å²) in [5.74, 6) is 0.198. The lowest BCUT2D eigenvalue weighted by Gasteiger charge is -2.18. The molecule has 1 heterocycles. The van der Waals surface area contributed by atoms with Crippen molar-refractivity contribution in [1.82, 2.24) is 9.88 Å². The second-order valence-electron chi connectivity index (χ2n) is 4.10. The molecule has 0 radical (unpaired) electrons. The fourth-order valence-electron chi connectivity index (χ4n) is 2.16. The second kappa shape index (κ2) is 5.04. The van der Waals surface area contributed by atoms with Gasteiger partial charge in [0, 0.05) is 30.2 Å². The fraction of sp³-hybridized carbons (Fsp3) is 0.357. The number of carbonyl (C=O) groups is 1.